The fourth-order valence-corrected chi connectivity index (χ4v) is 4.54. The van der Waals surface area contributed by atoms with Crippen LogP contribution in [0.15, 0.2) is 35.9 Å². The number of rotatable bonds is 14. The molecule has 2 atom stereocenters. The molecule has 0 aromatic heterocycles. The van der Waals surface area contributed by atoms with Crippen molar-refractivity contribution in [3.63, 3.8) is 0 Å². The lowest BCUT2D eigenvalue weighted by Gasteiger charge is -2.33. The first-order valence-electron chi connectivity index (χ1n) is 13.3. The van der Waals surface area contributed by atoms with Crippen LogP contribution in [0.25, 0.3) is 0 Å². The first kappa shape index (κ1) is 32.3. The van der Waals surface area contributed by atoms with Crippen LogP contribution in [0.4, 0.5) is 0 Å². The third kappa shape index (κ3) is 8.82. The molecule has 0 radical (unpaired) electrons. The molecule has 1 aliphatic rings. The number of hydrogen-bond donors (Lipinski definition) is 1. The van der Waals surface area contributed by atoms with E-state index in [1.165, 1.54) is 19.1 Å². The number of benzene rings is 1. The first-order valence-corrected chi connectivity index (χ1v) is 13.3. The Bertz CT molecular complexity index is 1150. The Labute approximate surface area is 234 Å². The van der Waals surface area contributed by atoms with Crippen LogP contribution < -0.4 is 4.74 Å². The van der Waals surface area contributed by atoms with Gasteiger partial charge in [-0.3, -0.25) is 14.4 Å². The zero-order chi connectivity index (χ0) is 30.0. The molecule has 0 fully saturated rings. The number of nitrogens with zero attached hydrogens (tertiary/aromatic N) is 1. The van der Waals surface area contributed by atoms with Crippen molar-refractivity contribution in [2.75, 3.05) is 19.8 Å². The second kappa shape index (κ2) is 14.5. The molecule has 0 heterocycles. The van der Waals surface area contributed by atoms with Crippen LogP contribution in [0, 0.1) is 16.0 Å². The molecule has 0 spiro atoms. The summed E-state index contributed by atoms with van der Waals surface area (Å²) >= 11 is 0. The van der Waals surface area contributed by atoms with Crippen LogP contribution in [0.5, 0.6) is 11.5 Å². The van der Waals surface area contributed by atoms with E-state index in [9.17, 15) is 29.6 Å². The van der Waals surface area contributed by atoms with E-state index in [-0.39, 0.29) is 50.1 Å². The summed E-state index contributed by atoms with van der Waals surface area (Å²) in [5, 5.41) is 20.8. The smallest absolute Gasteiger partial charge is 0.315 e. The summed E-state index contributed by atoms with van der Waals surface area (Å²) in [6.07, 6.45) is 3.71. The number of phenols is 1. The minimum absolute atomic E-state index is 0.0416. The number of allylic oxidation sites excluding steroid dienone is 2. The lowest BCUT2D eigenvalue weighted by atomic mass is 9.73. The standard InChI is InChI=1S/C29H39NO10/c1-7-12-37-28(34)29(5,6)21-15-24(32)27(25(16-21)40-26(33)9-8-13-39-30(35)36)23-14-20(17-38-19(4)31)10-11-22(23)18(2)3/h14-16,22-23,32H,2,7-13,17H2,1,3-6H3/t22-,23+/m1/s1. The van der Waals surface area contributed by atoms with Gasteiger partial charge in [0.05, 0.1) is 18.6 Å². The average Bonchev–Trinajstić information content (AvgIpc) is 2.87. The van der Waals surface area contributed by atoms with Gasteiger partial charge >= 0.3 is 17.9 Å². The average molecular weight is 562 g/mol. The molecule has 0 saturated heterocycles. The van der Waals surface area contributed by atoms with Gasteiger partial charge in [-0.1, -0.05) is 25.2 Å². The maximum atomic E-state index is 12.9. The number of esters is 3. The van der Waals surface area contributed by atoms with Crippen LogP contribution >= 0.6 is 0 Å². The van der Waals surface area contributed by atoms with Gasteiger partial charge in [-0.05, 0) is 75.6 Å². The predicted octanol–water partition coefficient (Wildman–Crippen LogP) is 5.08. The zero-order valence-electron chi connectivity index (χ0n) is 23.8. The van der Waals surface area contributed by atoms with Crippen LogP contribution in [-0.4, -0.2) is 47.9 Å². The molecular weight excluding hydrogens is 522 g/mol. The molecule has 1 N–H and O–H groups in total. The van der Waals surface area contributed by atoms with Gasteiger partial charge in [0.2, 0.25) is 0 Å². The van der Waals surface area contributed by atoms with Crippen LogP contribution in [0.1, 0.15) is 83.8 Å². The van der Waals surface area contributed by atoms with Gasteiger partial charge in [-0.25, -0.2) is 0 Å². The van der Waals surface area contributed by atoms with Gasteiger partial charge in [-0.15, -0.1) is 10.1 Å². The maximum Gasteiger partial charge on any atom is 0.315 e. The van der Waals surface area contributed by atoms with Crippen LogP contribution in [0.3, 0.4) is 0 Å². The predicted molar refractivity (Wildman–Crippen MR) is 145 cm³/mol. The molecule has 0 saturated carbocycles. The highest BCUT2D eigenvalue weighted by atomic mass is 16.9. The summed E-state index contributed by atoms with van der Waals surface area (Å²) in [7, 11) is 0. The van der Waals surface area contributed by atoms with Gasteiger partial charge in [0, 0.05) is 24.8 Å². The number of carbonyl (C=O) groups excluding carboxylic acids is 3. The van der Waals surface area contributed by atoms with E-state index < -0.39 is 34.3 Å². The number of ether oxygens (including phenoxy) is 3. The van der Waals surface area contributed by atoms with Crippen molar-refractivity contribution in [3.05, 3.63) is 57.2 Å². The van der Waals surface area contributed by atoms with E-state index in [0.717, 1.165) is 11.1 Å². The molecule has 220 valence electrons. The molecule has 1 aromatic carbocycles. The molecule has 1 aliphatic carbocycles. The number of hydrogen-bond acceptors (Lipinski definition) is 10. The van der Waals surface area contributed by atoms with E-state index in [1.807, 2.05) is 19.9 Å². The normalized spacial score (nSPS) is 16.9. The second-order valence-electron chi connectivity index (χ2n) is 10.4. The minimum atomic E-state index is -1.18. The third-order valence-corrected chi connectivity index (χ3v) is 6.79. The van der Waals surface area contributed by atoms with E-state index in [2.05, 4.69) is 11.4 Å². The maximum absolute atomic E-state index is 12.9. The van der Waals surface area contributed by atoms with Crippen molar-refractivity contribution in [1.82, 2.24) is 0 Å². The molecule has 0 unspecified atom stereocenters. The van der Waals surface area contributed by atoms with Gasteiger partial charge in [0.15, 0.2) is 0 Å². The lowest BCUT2D eigenvalue weighted by molar-refractivity contribution is -0.757. The highest BCUT2D eigenvalue weighted by Gasteiger charge is 2.36. The highest BCUT2D eigenvalue weighted by molar-refractivity contribution is 5.83. The summed E-state index contributed by atoms with van der Waals surface area (Å²) in [6.45, 7) is 12.5. The summed E-state index contributed by atoms with van der Waals surface area (Å²) < 4.78 is 16.3. The molecule has 0 aliphatic heterocycles. The fourth-order valence-electron chi connectivity index (χ4n) is 4.54. The Balaban J connectivity index is 2.57. The molecule has 0 bridgehead atoms. The topological polar surface area (TPSA) is 152 Å². The van der Waals surface area contributed by atoms with E-state index in [1.54, 1.807) is 13.8 Å². The Hall–Kier alpha value is -3.89. The van der Waals surface area contributed by atoms with E-state index in [0.29, 0.717) is 30.4 Å². The van der Waals surface area contributed by atoms with E-state index >= 15 is 0 Å². The van der Waals surface area contributed by atoms with Crippen molar-refractivity contribution in [1.29, 1.82) is 0 Å². The zero-order valence-corrected chi connectivity index (χ0v) is 23.8. The van der Waals surface area contributed by atoms with Gasteiger partial charge in [0.25, 0.3) is 5.09 Å². The molecule has 1 aromatic rings. The third-order valence-electron chi connectivity index (χ3n) is 6.79. The SMILES string of the molecule is C=C(C)[C@H]1CCC(COC(C)=O)=C[C@@H]1c1c(O)cc(C(C)(C)C(=O)OCCC)cc1OC(=O)CCCO[N+](=O)[O-]. The van der Waals surface area contributed by atoms with Crippen molar-refractivity contribution in [2.45, 2.75) is 78.1 Å². The molecule has 11 nitrogen and oxygen atoms in total. The summed E-state index contributed by atoms with van der Waals surface area (Å²) in [6, 6.07) is 3.01. The van der Waals surface area contributed by atoms with Crippen LogP contribution in [-0.2, 0) is 34.1 Å². The minimum Gasteiger partial charge on any atom is -0.507 e. The molecule has 2 rings (SSSR count). The molecule has 40 heavy (non-hydrogen) atoms. The largest absolute Gasteiger partial charge is 0.507 e. The van der Waals surface area contributed by atoms with Crippen molar-refractivity contribution in [3.8, 4) is 11.5 Å². The summed E-state index contributed by atoms with van der Waals surface area (Å²) in [5.74, 6) is -2.34. The molecule has 11 heteroatoms. The number of phenolic OH excluding ortho intramolecular Hbond substituents is 1. The molecule has 0 amide bonds. The number of carbonyl (C=O) groups is 3. The number of aromatic hydroxyl groups is 1. The van der Waals surface area contributed by atoms with Gasteiger partial charge < -0.3 is 24.2 Å². The summed E-state index contributed by atoms with van der Waals surface area (Å²) in [5.41, 5.74) is 1.22. The monoisotopic (exact) mass is 561 g/mol. The lowest BCUT2D eigenvalue weighted by Crippen LogP contribution is -2.31. The summed E-state index contributed by atoms with van der Waals surface area (Å²) in [4.78, 5) is 51.7. The van der Waals surface area contributed by atoms with Crippen molar-refractivity contribution in [2.24, 2.45) is 5.92 Å². The quantitative estimate of drug-likeness (QED) is 0.0813. The molecular formula is C29H39NO10. The second-order valence-corrected chi connectivity index (χ2v) is 10.4. The van der Waals surface area contributed by atoms with Crippen molar-refractivity contribution < 1.29 is 43.6 Å². The Morgan fingerprint density at radius 3 is 2.48 bits per heavy atom. The van der Waals surface area contributed by atoms with E-state index in [4.69, 9.17) is 14.2 Å². The Morgan fingerprint density at radius 2 is 1.88 bits per heavy atom. The Morgan fingerprint density at radius 1 is 1.18 bits per heavy atom. The highest BCUT2D eigenvalue weighted by Crippen LogP contribution is 2.48. The first-order chi connectivity index (χ1) is 18.8. The Kier molecular flexibility index (Phi) is 11.7. The van der Waals surface area contributed by atoms with Gasteiger partial charge in [-0.2, -0.15) is 0 Å². The van der Waals surface area contributed by atoms with Crippen LogP contribution in [0.2, 0.25) is 0 Å². The van der Waals surface area contributed by atoms with Gasteiger partial charge in [0.1, 0.15) is 18.1 Å². The van der Waals surface area contributed by atoms with Crippen molar-refractivity contribution >= 4 is 17.9 Å². The fraction of sp³-hybridized carbons (Fsp3) is 0.552.